The number of alkyl halides is 4. The Labute approximate surface area is 137 Å². The van der Waals surface area contributed by atoms with Crippen molar-refractivity contribution in [3.05, 3.63) is 54.6 Å². The fourth-order valence-corrected chi connectivity index (χ4v) is 5.18. The van der Waals surface area contributed by atoms with Crippen molar-refractivity contribution >= 4 is 59.1 Å². The lowest BCUT2D eigenvalue weighted by molar-refractivity contribution is -0.137. The predicted molar refractivity (Wildman–Crippen MR) is 81.9 cm³/mol. The normalized spacial score (nSPS) is 13.6. The van der Waals surface area contributed by atoms with Gasteiger partial charge in [-0.2, -0.15) is 13.2 Å². The second-order valence-corrected chi connectivity index (χ2v) is 7.30. The maximum atomic E-state index is 12.7. The van der Waals surface area contributed by atoms with Crippen LogP contribution in [0.15, 0.2) is 38.6 Å². The molecule has 2 aromatic rings. The molecule has 0 fully saturated rings. The zero-order valence-corrected chi connectivity index (χ0v) is 14.7. The standard InChI is InChI=1S/C12H6Br3F3S/c13-8-2-1-6(12(16,17)18)5-7(8)10(15)11-9(14)3-4-19-11/h1-5,10H. The van der Waals surface area contributed by atoms with Gasteiger partial charge < -0.3 is 0 Å². The van der Waals surface area contributed by atoms with Gasteiger partial charge in [0.25, 0.3) is 0 Å². The Balaban J connectivity index is 2.47. The highest BCUT2D eigenvalue weighted by atomic mass is 79.9. The van der Waals surface area contributed by atoms with Crippen molar-refractivity contribution in [3.63, 3.8) is 0 Å². The van der Waals surface area contributed by atoms with E-state index in [0.29, 0.717) is 10.0 Å². The molecule has 0 radical (unpaired) electrons. The van der Waals surface area contributed by atoms with Crippen molar-refractivity contribution in [1.82, 2.24) is 0 Å². The fourth-order valence-electron chi connectivity index (χ4n) is 1.54. The zero-order chi connectivity index (χ0) is 14.2. The van der Waals surface area contributed by atoms with Gasteiger partial charge in [-0.1, -0.05) is 31.9 Å². The third-order valence-corrected chi connectivity index (χ3v) is 6.38. The summed E-state index contributed by atoms with van der Waals surface area (Å²) in [7, 11) is 0. The van der Waals surface area contributed by atoms with E-state index in [4.69, 9.17) is 0 Å². The molecule has 0 aliphatic heterocycles. The van der Waals surface area contributed by atoms with Crippen molar-refractivity contribution in [2.24, 2.45) is 0 Å². The van der Waals surface area contributed by atoms with Gasteiger partial charge in [0.05, 0.1) is 10.4 Å². The molecule has 7 heteroatoms. The van der Waals surface area contributed by atoms with Crippen LogP contribution in [0.25, 0.3) is 0 Å². The number of hydrogen-bond donors (Lipinski definition) is 0. The lowest BCUT2D eigenvalue weighted by Gasteiger charge is -2.14. The van der Waals surface area contributed by atoms with Gasteiger partial charge in [-0.25, -0.2) is 0 Å². The Bertz CT molecular complexity index is 592. The summed E-state index contributed by atoms with van der Waals surface area (Å²) in [5.74, 6) is 0. The molecule has 0 spiro atoms. The maximum Gasteiger partial charge on any atom is 0.416 e. The fraction of sp³-hybridized carbons (Fsp3) is 0.167. The SMILES string of the molecule is FC(F)(F)c1ccc(Br)c(C(Br)c2sccc2Br)c1. The minimum absolute atomic E-state index is 0.293. The molecular formula is C12H6Br3F3S. The molecule has 1 atom stereocenters. The number of benzene rings is 1. The third kappa shape index (κ3) is 3.43. The van der Waals surface area contributed by atoms with Crippen LogP contribution in [0, 0.1) is 0 Å². The van der Waals surface area contributed by atoms with Gasteiger partial charge in [0, 0.05) is 13.8 Å². The molecule has 0 saturated heterocycles. The summed E-state index contributed by atoms with van der Waals surface area (Å²) in [6.45, 7) is 0. The summed E-state index contributed by atoms with van der Waals surface area (Å²) in [4.78, 5) is 0.638. The van der Waals surface area contributed by atoms with Crippen LogP contribution in [0.5, 0.6) is 0 Å². The summed E-state index contributed by atoms with van der Waals surface area (Å²) in [5.41, 5.74) is -0.0965. The molecule has 0 aliphatic carbocycles. The van der Waals surface area contributed by atoms with Crippen LogP contribution in [-0.4, -0.2) is 0 Å². The van der Waals surface area contributed by atoms with Crippen LogP contribution >= 0.6 is 59.1 Å². The second-order valence-electron chi connectivity index (χ2n) is 3.73. The summed E-state index contributed by atoms with van der Waals surface area (Å²) >= 11 is 11.6. The highest BCUT2D eigenvalue weighted by Crippen LogP contribution is 2.43. The van der Waals surface area contributed by atoms with Gasteiger partial charge in [-0.3, -0.25) is 0 Å². The van der Waals surface area contributed by atoms with Crippen LogP contribution in [0.4, 0.5) is 13.2 Å². The molecule has 1 heterocycles. The Hall–Kier alpha value is 0.150. The van der Waals surface area contributed by atoms with Gasteiger partial charge in [-0.05, 0) is 51.1 Å². The van der Waals surface area contributed by atoms with Crippen molar-refractivity contribution in [2.75, 3.05) is 0 Å². The number of halogens is 6. The van der Waals surface area contributed by atoms with Crippen molar-refractivity contribution in [3.8, 4) is 0 Å². The first kappa shape index (κ1) is 15.5. The van der Waals surface area contributed by atoms with Crippen molar-refractivity contribution in [1.29, 1.82) is 0 Å². The highest BCUT2D eigenvalue weighted by molar-refractivity contribution is 9.11. The van der Waals surface area contributed by atoms with Crippen LogP contribution in [-0.2, 0) is 6.18 Å². The molecule has 1 unspecified atom stereocenters. The van der Waals surface area contributed by atoms with Gasteiger partial charge in [0.15, 0.2) is 0 Å². The summed E-state index contributed by atoms with van der Waals surface area (Å²) in [6.07, 6.45) is -4.34. The summed E-state index contributed by atoms with van der Waals surface area (Å²) in [5, 5.41) is 1.88. The minimum atomic E-state index is -4.34. The smallest absolute Gasteiger partial charge is 0.166 e. The molecular weight excluding hydrogens is 473 g/mol. The average molecular weight is 479 g/mol. The van der Waals surface area contributed by atoms with E-state index in [2.05, 4.69) is 47.8 Å². The molecule has 0 bridgehead atoms. The summed E-state index contributed by atoms with van der Waals surface area (Å²) < 4.78 is 39.8. The Kier molecular flexibility index (Phi) is 4.80. The molecule has 0 nitrogen and oxygen atoms in total. The number of hydrogen-bond acceptors (Lipinski definition) is 1. The predicted octanol–water partition coefficient (Wildman–Crippen LogP) is 6.78. The molecule has 1 aromatic carbocycles. The summed E-state index contributed by atoms with van der Waals surface area (Å²) in [6, 6.07) is 5.52. The van der Waals surface area contributed by atoms with Crippen molar-refractivity contribution in [2.45, 2.75) is 11.0 Å². The first-order chi connectivity index (χ1) is 8.80. The molecule has 2 rings (SSSR count). The monoisotopic (exact) mass is 476 g/mol. The van der Waals surface area contributed by atoms with Crippen molar-refractivity contribution < 1.29 is 13.2 Å². The van der Waals surface area contributed by atoms with E-state index in [1.54, 1.807) is 0 Å². The molecule has 0 amide bonds. The van der Waals surface area contributed by atoms with Crippen LogP contribution in [0.2, 0.25) is 0 Å². The zero-order valence-electron chi connectivity index (χ0n) is 9.14. The van der Waals surface area contributed by atoms with E-state index in [1.807, 2.05) is 11.4 Å². The van der Waals surface area contributed by atoms with Gasteiger partial charge in [-0.15, -0.1) is 11.3 Å². The van der Waals surface area contributed by atoms with Gasteiger partial charge in [0.1, 0.15) is 0 Å². The minimum Gasteiger partial charge on any atom is -0.166 e. The number of rotatable bonds is 2. The quantitative estimate of drug-likeness (QED) is 0.417. The lowest BCUT2D eigenvalue weighted by atomic mass is 10.1. The molecule has 0 aliphatic rings. The lowest BCUT2D eigenvalue weighted by Crippen LogP contribution is -2.06. The first-order valence-corrected chi connectivity index (χ1v) is 8.42. The van der Waals surface area contributed by atoms with E-state index in [1.165, 1.54) is 17.4 Å². The largest absolute Gasteiger partial charge is 0.416 e. The molecule has 0 saturated carbocycles. The maximum absolute atomic E-state index is 12.7. The molecule has 0 N–H and O–H groups in total. The Morgan fingerprint density at radius 3 is 2.26 bits per heavy atom. The van der Waals surface area contributed by atoms with E-state index >= 15 is 0 Å². The van der Waals surface area contributed by atoms with Gasteiger partial charge >= 0.3 is 6.18 Å². The van der Waals surface area contributed by atoms with E-state index in [0.717, 1.165) is 21.5 Å². The Morgan fingerprint density at radius 1 is 1.05 bits per heavy atom. The highest BCUT2D eigenvalue weighted by Gasteiger charge is 2.32. The molecule has 19 heavy (non-hydrogen) atoms. The van der Waals surface area contributed by atoms with E-state index < -0.39 is 11.7 Å². The van der Waals surface area contributed by atoms with Crippen LogP contribution < -0.4 is 0 Å². The van der Waals surface area contributed by atoms with Crippen LogP contribution in [0.1, 0.15) is 20.8 Å². The van der Waals surface area contributed by atoms with E-state index in [9.17, 15) is 13.2 Å². The topological polar surface area (TPSA) is 0 Å². The van der Waals surface area contributed by atoms with E-state index in [-0.39, 0.29) is 4.83 Å². The number of thiophene rings is 1. The average Bonchev–Trinajstić information content (AvgIpc) is 2.73. The second kappa shape index (κ2) is 5.87. The van der Waals surface area contributed by atoms with Gasteiger partial charge in [0.2, 0.25) is 0 Å². The Morgan fingerprint density at radius 2 is 1.74 bits per heavy atom. The molecule has 102 valence electrons. The third-order valence-electron chi connectivity index (χ3n) is 2.47. The molecule has 1 aromatic heterocycles. The van der Waals surface area contributed by atoms with Crippen LogP contribution in [0.3, 0.4) is 0 Å². The first-order valence-electron chi connectivity index (χ1n) is 5.04.